The van der Waals surface area contributed by atoms with Crippen LogP contribution < -0.4 is 10.6 Å². The molecule has 0 aliphatic heterocycles. The summed E-state index contributed by atoms with van der Waals surface area (Å²) >= 11 is 0. The van der Waals surface area contributed by atoms with Crippen molar-refractivity contribution >= 4 is 12.7 Å². The van der Waals surface area contributed by atoms with Gasteiger partial charge in [0, 0.05) is 23.5 Å². The number of aliphatic imine (C=N–C) groups is 1. The summed E-state index contributed by atoms with van der Waals surface area (Å²) in [6.07, 6.45) is 3.03. The van der Waals surface area contributed by atoms with Crippen LogP contribution in [0.25, 0.3) is 0 Å². The molecule has 6 nitrogen and oxygen atoms in total. The van der Waals surface area contributed by atoms with Crippen LogP contribution in [-0.4, -0.2) is 43.2 Å². The van der Waals surface area contributed by atoms with Crippen LogP contribution in [0.15, 0.2) is 65.0 Å². The van der Waals surface area contributed by atoms with Crippen LogP contribution in [0.3, 0.4) is 0 Å². The average Bonchev–Trinajstić information content (AvgIpc) is 2.79. The van der Waals surface area contributed by atoms with Gasteiger partial charge < -0.3 is 20.8 Å². The number of carbonyl (C=O) groups is 1. The third-order valence-corrected chi connectivity index (χ3v) is 4.79. The van der Waals surface area contributed by atoms with E-state index in [9.17, 15) is 15.0 Å². The van der Waals surface area contributed by atoms with E-state index >= 15 is 0 Å². The predicted molar refractivity (Wildman–Crippen MR) is 124 cm³/mol. The second-order valence-corrected chi connectivity index (χ2v) is 7.08. The molecule has 2 aromatic rings. The van der Waals surface area contributed by atoms with E-state index in [2.05, 4.69) is 39.6 Å². The summed E-state index contributed by atoms with van der Waals surface area (Å²) < 4.78 is 0. The first-order valence-corrected chi connectivity index (χ1v) is 10.1. The number of rotatable bonds is 10. The molecular formula is C25H29N3O3. The summed E-state index contributed by atoms with van der Waals surface area (Å²) in [4.78, 5) is 14.4. The Morgan fingerprint density at radius 3 is 2.23 bits per heavy atom. The minimum Gasteiger partial charge on any atom is -0.511 e. The fraction of sp³-hybridized carbons (Fsp3) is 0.280. The topological polar surface area (TPSA) is 94.0 Å². The van der Waals surface area contributed by atoms with Gasteiger partial charge in [0.15, 0.2) is 0 Å². The summed E-state index contributed by atoms with van der Waals surface area (Å²) in [5, 5.41) is 25.1. The van der Waals surface area contributed by atoms with Crippen molar-refractivity contribution in [2.45, 2.75) is 25.7 Å². The molecule has 2 aromatic carbocycles. The second-order valence-electron chi connectivity index (χ2n) is 7.08. The fourth-order valence-corrected chi connectivity index (χ4v) is 2.97. The van der Waals surface area contributed by atoms with Crippen molar-refractivity contribution < 1.29 is 15.0 Å². The van der Waals surface area contributed by atoms with Gasteiger partial charge in [0.2, 0.25) is 6.41 Å². The Labute approximate surface area is 183 Å². The molecular weight excluding hydrogens is 390 g/mol. The molecule has 2 rings (SSSR count). The third-order valence-electron chi connectivity index (χ3n) is 4.79. The standard InChI is InChI=1S/C25H29N3O3/c1-19(31)25(28-17-27-18-30)15-24(16-29)23-11-9-21(10-12-23)4-3-20-5-7-22(8-6-20)13-14-26-2/h5-12,17-18,24,26,29,31H,13-16H2,1-2H3,(H,27,28,30)/b25-19+. The van der Waals surface area contributed by atoms with Gasteiger partial charge in [-0.3, -0.25) is 4.79 Å². The number of aliphatic hydroxyl groups is 2. The van der Waals surface area contributed by atoms with Crippen LogP contribution in [0.2, 0.25) is 0 Å². The van der Waals surface area contributed by atoms with Crippen molar-refractivity contribution in [3.8, 4) is 11.8 Å². The van der Waals surface area contributed by atoms with Gasteiger partial charge in [0.1, 0.15) is 5.76 Å². The van der Waals surface area contributed by atoms with E-state index in [0.29, 0.717) is 18.5 Å². The van der Waals surface area contributed by atoms with E-state index in [4.69, 9.17) is 0 Å². The fourth-order valence-electron chi connectivity index (χ4n) is 2.97. The summed E-state index contributed by atoms with van der Waals surface area (Å²) in [5.74, 6) is 6.14. The Morgan fingerprint density at radius 2 is 1.71 bits per heavy atom. The van der Waals surface area contributed by atoms with Gasteiger partial charge in [-0.15, -0.1) is 0 Å². The van der Waals surface area contributed by atoms with Gasteiger partial charge in [-0.1, -0.05) is 36.1 Å². The van der Waals surface area contributed by atoms with E-state index in [1.807, 2.05) is 43.4 Å². The van der Waals surface area contributed by atoms with Crippen molar-refractivity contribution in [2.75, 3.05) is 20.2 Å². The zero-order valence-electron chi connectivity index (χ0n) is 17.9. The average molecular weight is 420 g/mol. The van der Waals surface area contributed by atoms with E-state index in [0.717, 1.165) is 29.7 Å². The van der Waals surface area contributed by atoms with Gasteiger partial charge in [-0.2, -0.15) is 0 Å². The summed E-state index contributed by atoms with van der Waals surface area (Å²) in [6, 6.07) is 15.9. The molecule has 1 amide bonds. The van der Waals surface area contributed by atoms with Gasteiger partial charge >= 0.3 is 0 Å². The molecule has 1 atom stereocenters. The van der Waals surface area contributed by atoms with E-state index in [-0.39, 0.29) is 18.3 Å². The third kappa shape index (κ3) is 8.09. The molecule has 0 aliphatic carbocycles. The van der Waals surface area contributed by atoms with Gasteiger partial charge in [-0.25, -0.2) is 4.99 Å². The van der Waals surface area contributed by atoms with Crippen molar-refractivity contribution in [1.82, 2.24) is 10.6 Å². The summed E-state index contributed by atoms with van der Waals surface area (Å²) in [7, 11) is 1.94. The van der Waals surface area contributed by atoms with Crippen LogP contribution in [0.5, 0.6) is 0 Å². The monoisotopic (exact) mass is 419 g/mol. The molecule has 4 N–H and O–H groups in total. The lowest BCUT2D eigenvalue weighted by Crippen LogP contribution is -2.10. The molecule has 6 heteroatoms. The number of hydrogen-bond donors (Lipinski definition) is 4. The number of hydrogen-bond acceptors (Lipinski definition) is 5. The van der Waals surface area contributed by atoms with E-state index < -0.39 is 0 Å². The Bertz CT molecular complexity index is 948. The molecule has 162 valence electrons. The summed E-state index contributed by atoms with van der Waals surface area (Å²) in [5.41, 5.74) is 4.43. The molecule has 0 saturated carbocycles. The summed E-state index contributed by atoms with van der Waals surface area (Å²) in [6.45, 7) is 2.37. The van der Waals surface area contributed by atoms with E-state index in [1.165, 1.54) is 18.8 Å². The minimum absolute atomic E-state index is 0.0434. The first-order valence-electron chi connectivity index (χ1n) is 10.1. The van der Waals surface area contributed by atoms with Crippen LogP contribution >= 0.6 is 0 Å². The lowest BCUT2D eigenvalue weighted by Gasteiger charge is -2.15. The Hall–Kier alpha value is -3.40. The molecule has 0 saturated heterocycles. The minimum atomic E-state index is -0.238. The van der Waals surface area contributed by atoms with Crippen molar-refractivity contribution in [2.24, 2.45) is 4.99 Å². The Kier molecular flexibility index (Phi) is 10.0. The second kappa shape index (κ2) is 13.0. The molecule has 0 heterocycles. The number of aliphatic hydroxyl groups excluding tert-OH is 2. The molecule has 0 fully saturated rings. The highest BCUT2D eigenvalue weighted by molar-refractivity contribution is 5.72. The maximum absolute atomic E-state index is 10.4. The molecule has 0 spiro atoms. The smallest absolute Gasteiger partial charge is 0.212 e. The number of likely N-dealkylation sites (N-methyl/N-ethyl adjacent to an activating group) is 1. The first kappa shape index (κ1) is 23.9. The number of allylic oxidation sites excluding steroid dienone is 2. The largest absolute Gasteiger partial charge is 0.511 e. The molecule has 31 heavy (non-hydrogen) atoms. The normalized spacial score (nSPS) is 12.6. The van der Waals surface area contributed by atoms with Crippen LogP contribution in [0.1, 0.15) is 41.5 Å². The molecule has 0 aromatic heterocycles. The zero-order chi connectivity index (χ0) is 22.5. The Morgan fingerprint density at radius 1 is 1.10 bits per heavy atom. The maximum Gasteiger partial charge on any atom is 0.212 e. The van der Waals surface area contributed by atoms with Gasteiger partial charge in [0.05, 0.1) is 18.6 Å². The quantitative estimate of drug-likeness (QED) is 0.157. The van der Waals surface area contributed by atoms with Crippen LogP contribution in [-0.2, 0) is 11.2 Å². The molecule has 0 radical (unpaired) electrons. The van der Waals surface area contributed by atoms with Crippen LogP contribution in [0.4, 0.5) is 0 Å². The highest BCUT2D eigenvalue weighted by Crippen LogP contribution is 2.25. The Balaban J connectivity index is 2.07. The highest BCUT2D eigenvalue weighted by atomic mass is 16.3. The van der Waals surface area contributed by atoms with E-state index in [1.54, 1.807) is 0 Å². The number of nitrogens with one attached hydrogen (secondary N) is 2. The van der Waals surface area contributed by atoms with Gasteiger partial charge in [-0.05, 0) is 62.3 Å². The number of amides is 1. The van der Waals surface area contributed by atoms with Crippen molar-refractivity contribution in [3.63, 3.8) is 0 Å². The van der Waals surface area contributed by atoms with Crippen molar-refractivity contribution in [1.29, 1.82) is 0 Å². The predicted octanol–water partition coefficient (Wildman–Crippen LogP) is 2.88. The first-order chi connectivity index (χ1) is 15.1. The lowest BCUT2D eigenvalue weighted by molar-refractivity contribution is -0.108. The number of carbonyl (C=O) groups excluding carboxylic acids is 1. The molecule has 0 bridgehead atoms. The lowest BCUT2D eigenvalue weighted by atomic mass is 9.94. The van der Waals surface area contributed by atoms with Crippen molar-refractivity contribution in [3.05, 3.63) is 82.2 Å². The SMILES string of the molecule is CNCCc1ccc(C#Cc2ccc(C(CO)C/C(N=CNC=O)=C(/C)O)cc2)cc1. The molecule has 0 aliphatic rings. The number of nitrogens with zero attached hydrogens (tertiary/aromatic N) is 1. The van der Waals surface area contributed by atoms with Gasteiger partial charge in [0.25, 0.3) is 0 Å². The highest BCUT2D eigenvalue weighted by Gasteiger charge is 2.14. The maximum atomic E-state index is 10.4. The van der Waals surface area contributed by atoms with Crippen LogP contribution in [0, 0.1) is 11.8 Å². The zero-order valence-corrected chi connectivity index (χ0v) is 17.9. The molecule has 1 unspecified atom stereocenters. The number of benzene rings is 2.